The van der Waals surface area contributed by atoms with E-state index >= 15 is 0 Å². The maximum absolute atomic E-state index is 12.9. The summed E-state index contributed by atoms with van der Waals surface area (Å²) < 4.78 is 61.0. The van der Waals surface area contributed by atoms with Crippen molar-refractivity contribution < 1.29 is 36.3 Å². The summed E-state index contributed by atoms with van der Waals surface area (Å²) in [6.45, 7) is -0.679. The predicted octanol–water partition coefficient (Wildman–Crippen LogP) is 2.50. The molecule has 3 rings (SSSR count). The topological polar surface area (TPSA) is 93.2 Å². The summed E-state index contributed by atoms with van der Waals surface area (Å²) in [6, 6.07) is 11.1. The highest BCUT2D eigenvalue weighted by Crippen LogP contribution is 2.20. The average molecular weight is 468 g/mol. The number of hydrogen-bond donors (Lipinski definition) is 0. The van der Waals surface area contributed by atoms with Crippen LogP contribution < -0.4 is 4.74 Å². The first kappa shape index (κ1) is 23.6. The Hall–Kier alpha value is -3.05. The van der Waals surface area contributed by atoms with Gasteiger partial charge in [-0.05, 0) is 35.9 Å². The first-order valence-electron chi connectivity index (χ1n) is 9.73. The number of halogens is 2. The van der Waals surface area contributed by atoms with Gasteiger partial charge in [0.05, 0.1) is 10.5 Å². The molecule has 8 nitrogen and oxygen atoms in total. The largest absolute Gasteiger partial charge is 0.457 e. The summed E-state index contributed by atoms with van der Waals surface area (Å²) in [5.41, 5.74) is 0.609. The quantitative estimate of drug-likeness (QED) is 0.580. The predicted molar refractivity (Wildman–Crippen MR) is 110 cm³/mol. The van der Waals surface area contributed by atoms with Crippen molar-refractivity contribution in [3.05, 3.63) is 59.7 Å². The number of piperazine rings is 1. The van der Waals surface area contributed by atoms with Crippen LogP contribution in [0.3, 0.4) is 0 Å². The molecule has 0 spiro atoms. The molecule has 1 amide bonds. The zero-order valence-corrected chi connectivity index (χ0v) is 18.1. The van der Waals surface area contributed by atoms with Crippen LogP contribution in [-0.2, 0) is 26.2 Å². The van der Waals surface area contributed by atoms with E-state index in [-0.39, 0.29) is 41.8 Å². The molecule has 0 atom stereocenters. The van der Waals surface area contributed by atoms with Crippen LogP contribution in [0.1, 0.15) is 22.8 Å². The van der Waals surface area contributed by atoms with Crippen molar-refractivity contribution in [1.82, 2.24) is 9.21 Å². The van der Waals surface area contributed by atoms with E-state index < -0.39 is 22.6 Å². The van der Waals surface area contributed by atoms with E-state index in [1.165, 1.54) is 59.8 Å². The SMILES string of the molecule is CC(=O)N1CCN(S(=O)(=O)c2cccc(C(=O)OCc3ccc(OC(F)F)cc3)c2)CC1. The van der Waals surface area contributed by atoms with Gasteiger partial charge in [0, 0.05) is 33.1 Å². The lowest BCUT2D eigenvalue weighted by molar-refractivity contribution is -0.129. The first-order valence-corrected chi connectivity index (χ1v) is 11.2. The molecule has 0 aliphatic carbocycles. The molecule has 11 heteroatoms. The molecule has 0 bridgehead atoms. The van der Waals surface area contributed by atoms with Crippen molar-refractivity contribution in [1.29, 1.82) is 0 Å². The maximum atomic E-state index is 12.9. The molecule has 0 radical (unpaired) electrons. The van der Waals surface area contributed by atoms with Crippen LogP contribution in [0.25, 0.3) is 0 Å². The molecule has 1 aliphatic rings. The smallest absolute Gasteiger partial charge is 0.387 e. The number of alkyl halides is 2. The number of esters is 1. The van der Waals surface area contributed by atoms with Gasteiger partial charge in [0.25, 0.3) is 0 Å². The molecule has 1 saturated heterocycles. The van der Waals surface area contributed by atoms with Gasteiger partial charge in [-0.3, -0.25) is 4.79 Å². The number of benzene rings is 2. The van der Waals surface area contributed by atoms with E-state index in [1.807, 2.05) is 0 Å². The molecule has 32 heavy (non-hydrogen) atoms. The Labute approximate surface area is 184 Å². The van der Waals surface area contributed by atoms with Crippen molar-refractivity contribution >= 4 is 21.9 Å². The average Bonchev–Trinajstić information content (AvgIpc) is 2.78. The second kappa shape index (κ2) is 10.0. The molecule has 0 N–H and O–H groups in total. The lowest BCUT2D eigenvalue weighted by Gasteiger charge is -2.33. The number of carbonyl (C=O) groups is 2. The fourth-order valence-electron chi connectivity index (χ4n) is 3.18. The minimum atomic E-state index is -3.84. The standard InChI is InChI=1S/C21H22F2N2O6S/c1-15(26)24-9-11-25(12-10-24)32(28,29)19-4-2-3-17(13-19)20(27)30-14-16-5-7-18(8-6-16)31-21(22)23/h2-8,13,21H,9-12,14H2,1H3. The number of ether oxygens (including phenoxy) is 2. The maximum Gasteiger partial charge on any atom is 0.387 e. The van der Waals surface area contributed by atoms with Crippen molar-refractivity contribution in [2.45, 2.75) is 25.0 Å². The third-order valence-corrected chi connectivity index (χ3v) is 6.80. The zero-order chi connectivity index (χ0) is 23.3. The molecule has 2 aromatic rings. The molecule has 172 valence electrons. The first-order chi connectivity index (χ1) is 15.2. The fourth-order valence-corrected chi connectivity index (χ4v) is 4.64. The van der Waals surface area contributed by atoms with Crippen LogP contribution in [0.15, 0.2) is 53.4 Å². The van der Waals surface area contributed by atoms with Crippen LogP contribution in [0.5, 0.6) is 5.75 Å². The second-order valence-corrected chi connectivity index (χ2v) is 8.97. The summed E-state index contributed by atoms with van der Waals surface area (Å²) in [7, 11) is -3.84. The van der Waals surface area contributed by atoms with Crippen molar-refractivity contribution in [3.8, 4) is 5.75 Å². The Morgan fingerprint density at radius 3 is 2.28 bits per heavy atom. The molecular weight excluding hydrogens is 446 g/mol. The van der Waals surface area contributed by atoms with E-state index in [9.17, 15) is 26.8 Å². The number of amides is 1. The highest BCUT2D eigenvalue weighted by molar-refractivity contribution is 7.89. The summed E-state index contributed by atoms with van der Waals surface area (Å²) in [4.78, 5) is 25.4. The summed E-state index contributed by atoms with van der Waals surface area (Å²) in [6.07, 6.45) is 0. The van der Waals surface area contributed by atoms with Gasteiger partial charge in [0.1, 0.15) is 12.4 Å². The number of hydrogen-bond acceptors (Lipinski definition) is 6. The molecule has 0 unspecified atom stereocenters. The Morgan fingerprint density at radius 1 is 1.03 bits per heavy atom. The van der Waals surface area contributed by atoms with Crippen LogP contribution in [0.2, 0.25) is 0 Å². The van der Waals surface area contributed by atoms with Gasteiger partial charge in [-0.15, -0.1) is 0 Å². The van der Waals surface area contributed by atoms with Crippen molar-refractivity contribution in [2.75, 3.05) is 26.2 Å². The molecule has 1 aliphatic heterocycles. The lowest BCUT2D eigenvalue weighted by Crippen LogP contribution is -2.49. The minimum Gasteiger partial charge on any atom is -0.457 e. The molecule has 1 heterocycles. The molecule has 2 aromatic carbocycles. The number of carbonyl (C=O) groups excluding carboxylic acids is 2. The van der Waals surface area contributed by atoms with Gasteiger partial charge >= 0.3 is 12.6 Å². The van der Waals surface area contributed by atoms with Gasteiger partial charge < -0.3 is 14.4 Å². The summed E-state index contributed by atoms with van der Waals surface area (Å²) in [5, 5.41) is 0. The van der Waals surface area contributed by atoms with Crippen LogP contribution >= 0.6 is 0 Å². The number of sulfonamides is 1. The number of rotatable bonds is 7. The third-order valence-electron chi connectivity index (χ3n) is 4.91. The lowest BCUT2D eigenvalue weighted by atomic mass is 10.2. The molecular formula is C21H22F2N2O6S. The van der Waals surface area contributed by atoms with Gasteiger partial charge in [-0.2, -0.15) is 13.1 Å². The van der Waals surface area contributed by atoms with Gasteiger partial charge in [0.2, 0.25) is 15.9 Å². The molecule has 0 saturated carbocycles. The van der Waals surface area contributed by atoms with E-state index in [2.05, 4.69) is 4.74 Å². The Balaban J connectivity index is 1.63. The Bertz CT molecular complexity index is 1070. The highest BCUT2D eigenvalue weighted by atomic mass is 32.2. The van der Waals surface area contributed by atoms with E-state index in [0.29, 0.717) is 18.7 Å². The van der Waals surface area contributed by atoms with Crippen LogP contribution in [0.4, 0.5) is 8.78 Å². The van der Waals surface area contributed by atoms with E-state index in [1.54, 1.807) is 4.90 Å². The highest BCUT2D eigenvalue weighted by Gasteiger charge is 2.29. The molecule has 0 aromatic heterocycles. The monoisotopic (exact) mass is 468 g/mol. The van der Waals surface area contributed by atoms with Crippen molar-refractivity contribution in [3.63, 3.8) is 0 Å². The Morgan fingerprint density at radius 2 is 1.69 bits per heavy atom. The van der Waals surface area contributed by atoms with Gasteiger partial charge in [0.15, 0.2) is 0 Å². The van der Waals surface area contributed by atoms with E-state index in [0.717, 1.165) is 0 Å². The van der Waals surface area contributed by atoms with E-state index in [4.69, 9.17) is 4.74 Å². The van der Waals surface area contributed by atoms with Gasteiger partial charge in [-0.25, -0.2) is 13.2 Å². The minimum absolute atomic E-state index is 0.0166. The Kier molecular flexibility index (Phi) is 7.41. The summed E-state index contributed by atoms with van der Waals surface area (Å²) >= 11 is 0. The van der Waals surface area contributed by atoms with Gasteiger partial charge in [-0.1, -0.05) is 18.2 Å². The second-order valence-electron chi connectivity index (χ2n) is 7.04. The normalized spacial score (nSPS) is 14.9. The number of nitrogens with zero attached hydrogens (tertiary/aromatic N) is 2. The molecule has 1 fully saturated rings. The zero-order valence-electron chi connectivity index (χ0n) is 17.2. The third kappa shape index (κ3) is 5.80. The summed E-state index contributed by atoms with van der Waals surface area (Å²) in [5.74, 6) is -0.851. The van der Waals surface area contributed by atoms with Crippen molar-refractivity contribution in [2.24, 2.45) is 0 Å². The van der Waals surface area contributed by atoms with Crippen LogP contribution in [-0.4, -0.2) is 62.3 Å². The fraction of sp³-hybridized carbons (Fsp3) is 0.333. The van der Waals surface area contributed by atoms with Crippen LogP contribution in [0, 0.1) is 0 Å².